The summed E-state index contributed by atoms with van der Waals surface area (Å²) in [6.07, 6.45) is 1.40. The SMILES string of the molecule is Cc1cn([C@@H]2CC[C@@H](O)[C@H](C)O2)c(=O)[nH]c1=O. The molecule has 1 saturated heterocycles. The van der Waals surface area contributed by atoms with Gasteiger partial charge < -0.3 is 9.84 Å². The number of nitrogens with one attached hydrogen (secondary N) is 1. The van der Waals surface area contributed by atoms with Crippen molar-refractivity contribution in [1.82, 2.24) is 9.55 Å². The summed E-state index contributed by atoms with van der Waals surface area (Å²) < 4.78 is 6.93. The molecule has 1 fully saturated rings. The molecule has 1 aliphatic heterocycles. The van der Waals surface area contributed by atoms with Crippen molar-refractivity contribution in [1.29, 1.82) is 0 Å². The van der Waals surface area contributed by atoms with Crippen molar-refractivity contribution in [2.75, 3.05) is 0 Å². The molecule has 94 valence electrons. The molecule has 17 heavy (non-hydrogen) atoms. The van der Waals surface area contributed by atoms with E-state index in [1.165, 1.54) is 10.8 Å². The highest BCUT2D eigenvalue weighted by atomic mass is 16.5. The van der Waals surface area contributed by atoms with Gasteiger partial charge in [-0.25, -0.2) is 4.79 Å². The van der Waals surface area contributed by atoms with E-state index >= 15 is 0 Å². The molecule has 0 saturated carbocycles. The van der Waals surface area contributed by atoms with Gasteiger partial charge in [-0.1, -0.05) is 0 Å². The van der Waals surface area contributed by atoms with Gasteiger partial charge in [-0.15, -0.1) is 0 Å². The maximum absolute atomic E-state index is 11.6. The smallest absolute Gasteiger partial charge is 0.330 e. The van der Waals surface area contributed by atoms with E-state index in [1.807, 2.05) is 0 Å². The molecule has 1 aliphatic rings. The number of aromatic nitrogens is 2. The first-order chi connectivity index (χ1) is 7.99. The fourth-order valence-corrected chi connectivity index (χ4v) is 1.96. The van der Waals surface area contributed by atoms with Gasteiger partial charge in [-0.2, -0.15) is 0 Å². The molecule has 0 radical (unpaired) electrons. The Morgan fingerprint density at radius 2 is 2.18 bits per heavy atom. The number of hydrogen-bond donors (Lipinski definition) is 2. The van der Waals surface area contributed by atoms with Gasteiger partial charge in [0.25, 0.3) is 5.56 Å². The highest BCUT2D eigenvalue weighted by molar-refractivity contribution is 5.01. The first kappa shape index (κ1) is 12.1. The van der Waals surface area contributed by atoms with Crippen LogP contribution < -0.4 is 11.2 Å². The van der Waals surface area contributed by atoms with E-state index in [0.717, 1.165) is 0 Å². The molecule has 2 heterocycles. The van der Waals surface area contributed by atoms with Gasteiger partial charge in [0, 0.05) is 11.8 Å². The van der Waals surface area contributed by atoms with E-state index in [9.17, 15) is 14.7 Å². The number of aryl methyl sites for hydroxylation is 1. The van der Waals surface area contributed by atoms with Crippen LogP contribution in [0, 0.1) is 6.92 Å². The van der Waals surface area contributed by atoms with Crippen LogP contribution in [0.3, 0.4) is 0 Å². The van der Waals surface area contributed by atoms with Crippen LogP contribution in [0.1, 0.15) is 31.6 Å². The number of aliphatic hydroxyl groups is 1. The molecular weight excluding hydrogens is 224 g/mol. The van der Waals surface area contributed by atoms with Crippen molar-refractivity contribution >= 4 is 0 Å². The monoisotopic (exact) mass is 240 g/mol. The van der Waals surface area contributed by atoms with Crippen LogP contribution in [0.4, 0.5) is 0 Å². The predicted octanol–water partition coefficient (Wildman–Crippen LogP) is -0.0966. The van der Waals surface area contributed by atoms with Crippen LogP contribution in [0.2, 0.25) is 0 Å². The van der Waals surface area contributed by atoms with E-state index in [4.69, 9.17) is 4.74 Å². The fraction of sp³-hybridized carbons (Fsp3) is 0.636. The lowest BCUT2D eigenvalue weighted by atomic mass is 10.1. The average Bonchev–Trinajstić information content (AvgIpc) is 2.27. The third kappa shape index (κ3) is 2.32. The maximum Gasteiger partial charge on any atom is 0.330 e. The number of hydrogen-bond acceptors (Lipinski definition) is 4. The van der Waals surface area contributed by atoms with Crippen LogP contribution >= 0.6 is 0 Å². The van der Waals surface area contributed by atoms with E-state index in [2.05, 4.69) is 4.98 Å². The summed E-state index contributed by atoms with van der Waals surface area (Å²) >= 11 is 0. The molecule has 0 amide bonds. The van der Waals surface area contributed by atoms with Crippen molar-refractivity contribution < 1.29 is 9.84 Å². The number of nitrogens with zero attached hydrogens (tertiary/aromatic N) is 1. The number of aromatic amines is 1. The molecule has 6 heteroatoms. The van der Waals surface area contributed by atoms with Crippen LogP contribution in [-0.4, -0.2) is 26.9 Å². The summed E-state index contributed by atoms with van der Waals surface area (Å²) in [6, 6.07) is 0. The van der Waals surface area contributed by atoms with Crippen molar-refractivity contribution in [3.05, 3.63) is 32.6 Å². The summed E-state index contributed by atoms with van der Waals surface area (Å²) in [6.45, 7) is 3.40. The molecule has 0 aromatic carbocycles. The van der Waals surface area contributed by atoms with Crippen molar-refractivity contribution in [3.63, 3.8) is 0 Å². The summed E-state index contributed by atoms with van der Waals surface area (Å²) in [5.41, 5.74) is -0.392. The second kappa shape index (κ2) is 4.46. The molecule has 0 aliphatic carbocycles. The van der Waals surface area contributed by atoms with Gasteiger partial charge in [0.15, 0.2) is 0 Å². The first-order valence-corrected chi connectivity index (χ1v) is 5.64. The van der Waals surface area contributed by atoms with Gasteiger partial charge in [-0.3, -0.25) is 14.3 Å². The third-order valence-corrected chi connectivity index (χ3v) is 3.08. The Balaban J connectivity index is 2.32. The predicted molar refractivity (Wildman–Crippen MR) is 60.9 cm³/mol. The van der Waals surface area contributed by atoms with E-state index in [0.29, 0.717) is 18.4 Å². The Hall–Kier alpha value is -1.40. The second-order valence-corrected chi connectivity index (χ2v) is 4.42. The molecule has 2 rings (SSSR count). The molecule has 6 nitrogen and oxygen atoms in total. The van der Waals surface area contributed by atoms with E-state index in [1.54, 1.807) is 13.8 Å². The zero-order valence-electron chi connectivity index (χ0n) is 9.84. The van der Waals surface area contributed by atoms with Gasteiger partial charge >= 0.3 is 5.69 Å². The lowest BCUT2D eigenvalue weighted by Gasteiger charge is -2.32. The van der Waals surface area contributed by atoms with Gasteiger partial charge in [0.05, 0.1) is 12.2 Å². The Kier molecular flexibility index (Phi) is 3.17. The van der Waals surface area contributed by atoms with E-state index < -0.39 is 18.0 Å². The Bertz CT molecular complexity index is 519. The zero-order valence-corrected chi connectivity index (χ0v) is 9.84. The molecule has 0 spiro atoms. The Labute approximate surface area is 97.9 Å². The first-order valence-electron chi connectivity index (χ1n) is 5.64. The molecular formula is C11H16N2O4. The normalized spacial score (nSPS) is 29.2. The summed E-state index contributed by atoms with van der Waals surface area (Å²) in [4.78, 5) is 25.1. The minimum atomic E-state index is -0.495. The van der Waals surface area contributed by atoms with Crippen molar-refractivity contribution in [2.24, 2.45) is 0 Å². The van der Waals surface area contributed by atoms with Gasteiger partial charge in [-0.05, 0) is 26.7 Å². The van der Waals surface area contributed by atoms with Crippen LogP contribution in [-0.2, 0) is 4.74 Å². The van der Waals surface area contributed by atoms with Crippen molar-refractivity contribution in [2.45, 2.75) is 45.1 Å². The third-order valence-electron chi connectivity index (χ3n) is 3.08. The highest BCUT2D eigenvalue weighted by Gasteiger charge is 2.28. The van der Waals surface area contributed by atoms with Gasteiger partial charge in [0.2, 0.25) is 0 Å². The number of H-pyrrole nitrogens is 1. The van der Waals surface area contributed by atoms with Crippen LogP contribution in [0.5, 0.6) is 0 Å². The fourth-order valence-electron chi connectivity index (χ4n) is 1.96. The highest BCUT2D eigenvalue weighted by Crippen LogP contribution is 2.25. The topological polar surface area (TPSA) is 84.3 Å². The lowest BCUT2D eigenvalue weighted by molar-refractivity contribution is -0.139. The molecule has 0 bridgehead atoms. The quantitative estimate of drug-likeness (QED) is 0.718. The Morgan fingerprint density at radius 1 is 1.47 bits per heavy atom. The number of aliphatic hydroxyl groups excluding tert-OH is 1. The maximum atomic E-state index is 11.6. The Morgan fingerprint density at radius 3 is 2.82 bits per heavy atom. The molecule has 1 aromatic rings. The summed E-state index contributed by atoms with van der Waals surface area (Å²) in [5, 5.41) is 9.54. The van der Waals surface area contributed by atoms with E-state index in [-0.39, 0.29) is 11.7 Å². The molecule has 2 N–H and O–H groups in total. The summed E-state index contributed by atoms with van der Waals surface area (Å²) in [5.74, 6) is 0. The zero-order chi connectivity index (χ0) is 12.6. The standard InChI is InChI=1S/C11H16N2O4/c1-6-5-13(11(16)12-10(6)15)9-4-3-8(14)7(2)17-9/h5,7-9,14H,3-4H2,1-2H3,(H,12,15,16)/t7-,8+,9-/m0/s1. The molecule has 0 unspecified atom stereocenters. The largest absolute Gasteiger partial charge is 0.390 e. The molecule has 3 atom stereocenters. The second-order valence-electron chi connectivity index (χ2n) is 4.42. The minimum absolute atomic E-state index is 0.312. The van der Waals surface area contributed by atoms with Crippen molar-refractivity contribution in [3.8, 4) is 0 Å². The minimum Gasteiger partial charge on any atom is -0.390 e. The van der Waals surface area contributed by atoms with Gasteiger partial charge in [0.1, 0.15) is 6.23 Å². The number of ether oxygens (including phenoxy) is 1. The van der Waals surface area contributed by atoms with Crippen LogP contribution in [0.15, 0.2) is 15.8 Å². The lowest BCUT2D eigenvalue weighted by Crippen LogP contribution is -2.40. The average molecular weight is 240 g/mol. The number of rotatable bonds is 1. The summed E-state index contributed by atoms with van der Waals surface area (Å²) in [7, 11) is 0. The van der Waals surface area contributed by atoms with Crippen LogP contribution in [0.25, 0.3) is 0 Å². The molecule has 1 aromatic heterocycles.